The molecule has 0 saturated heterocycles. The van der Waals surface area contributed by atoms with Gasteiger partial charge in [-0.25, -0.2) is 0 Å². The molecule has 2 radical (unpaired) electrons. The van der Waals surface area contributed by atoms with Gasteiger partial charge in [-0.1, -0.05) is 26.8 Å². The van der Waals surface area contributed by atoms with Gasteiger partial charge in [0, 0.05) is 16.6 Å². The molecule has 1 aromatic carbocycles. The van der Waals surface area contributed by atoms with Crippen molar-refractivity contribution in [2.75, 3.05) is 16.8 Å². The second-order valence-corrected chi connectivity index (χ2v) is 6.90. The third kappa shape index (κ3) is 2.21. The maximum absolute atomic E-state index is 7.75. The third-order valence-corrected chi connectivity index (χ3v) is 3.19. The second-order valence-electron chi connectivity index (χ2n) is 6.90. The van der Waals surface area contributed by atoms with Crippen LogP contribution < -0.4 is 9.80 Å². The molecule has 0 bridgehead atoms. The van der Waals surface area contributed by atoms with Crippen LogP contribution >= 0.6 is 0 Å². The first-order valence-electron chi connectivity index (χ1n) is 7.83. The Morgan fingerprint density at radius 3 is 2.22 bits per heavy atom. The Balaban J connectivity index is 2.57. The molecular weight excluding hydrogens is 220 g/mol. The molecule has 2 rings (SSSR count). The molecule has 1 aromatic rings. The fraction of sp³-hybridized carbons (Fsp3) is 0.562. The number of fused-ring (bicyclic) bond motifs is 1. The van der Waals surface area contributed by atoms with Crippen LogP contribution in [0.25, 0.3) is 0 Å². The minimum atomic E-state index is -2.23. The standard InChI is InChI=1S/C16H24N2/c1-15(2,3)12-8-9-13-14(10-12)17(7)11-18(13)16(4,5)6/h8-10H,1-7H3/i7D3. The molecule has 18 heavy (non-hydrogen) atoms. The number of hydrogen-bond acceptors (Lipinski definition) is 2. The van der Waals surface area contributed by atoms with E-state index in [-0.39, 0.29) is 11.0 Å². The van der Waals surface area contributed by atoms with E-state index in [4.69, 9.17) is 4.11 Å². The molecule has 0 spiro atoms. The van der Waals surface area contributed by atoms with E-state index in [0.717, 1.165) is 11.3 Å². The lowest BCUT2D eigenvalue weighted by Gasteiger charge is -2.32. The van der Waals surface area contributed by atoms with Gasteiger partial charge in [-0.3, -0.25) is 0 Å². The van der Waals surface area contributed by atoms with Crippen molar-refractivity contribution in [1.29, 1.82) is 0 Å². The van der Waals surface area contributed by atoms with Crippen LogP contribution in [0.5, 0.6) is 0 Å². The summed E-state index contributed by atoms with van der Waals surface area (Å²) in [5.74, 6) is 0. The smallest absolute Gasteiger partial charge is 0.209 e. The van der Waals surface area contributed by atoms with Crippen LogP contribution in [0, 0.1) is 6.67 Å². The first-order chi connectivity index (χ1) is 9.32. The minimum absolute atomic E-state index is 0.0232. The van der Waals surface area contributed by atoms with Gasteiger partial charge in [0.25, 0.3) is 0 Å². The zero-order valence-electron chi connectivity index (χ0n) is 15.1. The van der Waals surface area contributed by atoms with E-state index in [1.807, 2.05) is 37.8 Å². The molecule has 1 heterocycles. The molecule has 0 unspecified atom stereocenters. The van der Waals surface area contributed by atoms with E-state index >= 15 is 0 Å². The van der Waals surface area contributed by atoms with Crippen molar-refractivity contribution in [2.24, 2.45) is 0 Å². The summed E-state index contributed by atoms with van der Waals surface area (Å²) in [6, 6.07) is 6.04. The highest BCUT2D eigenvalue weighted by atomic mass is 15.4. The topological polar surface area (TPSA) is 6.48 Å². The van der Waals surface area contributed by atoms with Crippen molar-refractivity contribution in [3.05, 3.63) is 30.4 Å². The second kappa shape index (κ2) is 3.91. The van der Waals surface area contributed by atoms with Gasteiger partial charge in [-0.2, -0.15) is 0 Å². The molecule has 2 heteroatoms. The number of nitrogens with zero attached hydrogens (tertiary/aromatic N) is 2. The van der Waals surface area contributed by atoms with Crippen molar-refractivity contribution in [2.45, 2.75) is 52.5 Å². The summed E-state index contributed by atoms with van der Waals surface area (Å²) in [4.78, 5) is 3.18. The lowest BCUT2D eigenvalue weighted by molar-refractivity contribution is 0.541. The summed E-state index contributed by atoms with van der Waals surface area (Å²) < 4.78 is 23.3. The first kappa shape index (κ1) is 9.71. The quantitative estimate of drug-likeness (QED) is 0.683. The zero-order valence-corrected chi connectivity index (χ0v) is 12.1. The number of hydrogen-bond donors (Lipinski definition) is 0. The van der Waals surface area contributed by atoms with Crippen molar-refractivity contribution in [1.82, 2.24) is 0 Å². The average molecular weight is 247 g/mol. The Hall–Kier alpha value is -1.18. The molecular formula is C16H24N2. The lowest BCUT2D eigenvalue weighted by atomic mass is 9.86. The van der Waals surface area contributed by atoms with E-state index in [2.05, 4.69) is 33.5 Å². The van der Waals surface area contributed by atoms with Crippen LogP contribution in [-0.2, 0) is 5.41 Å². The highest BCUT2D eigenvalue weighted by Crippen LogP contribution is 2.43. The largest absolute Gasteiger partial charge is 0.343 e. The summed E-state index contributed by atoms with van der Waals surface area (Å²) >= 11 is 0. The van der Waals surface area contributed by atoms with E-state index in [0.29, 0.717) is 5.69 Å². The molecule has 0 atom stereocenters. The summed E-state index contributed by atoms with van der Waals surface area (Å²) in [5, 5.41) is 0. The van der Waals surface area contributed by atoms with Crippen LogP contribution in [0.2, 0.25) is 0 Å². The fourth-order valence-electron chi connectivity index (χ4n) is 2.08. The number of benzene rings is 1. The van der Waals surface area contributed by atoms with Crippen LogP contribution in [0.1, 0.15) is 51.2 Å². The van der Waals surface area contributed by atoms with E-state index < -0.39 is 6.98 Å². The lowest BCUT2D eigenvalue weighted by Crippen LogP contribution is -2.39. The molecule has 0 amide bonds. The zero-order chi connectivity index (χ0) is 16.2. The number of anilines is 2. The summed E-state index contributed by atoms with van der Waals surface area (Å²) in [5.41, 5.74) is 2.47. The Labute approximate surface area is 116 Å². The van der Waals surface area contributed by atoms with Crippen molar-refractivity contribution in [3.8, 4) is 0 Å². The predicted octanol–water partition coefficient (Wildman–Crippen LogP) is 4.04. The molecule has 0 N–H and O–H groups in total. The Morgan fingerprint density at radius 2 is 1.72 bits per heavy atom. The minimum Gasteiger partial charge on any atom is -0.343 e. The van der Waals surface area contributed by atoms with Crippen molar-refractivity contribution >= 4 is 11.4 Å². The van der Waals surface area contributed by atoms with Gasteiger partial charge in [0.15, 0.2) is 0 Å². The molecule has 0 saturated carbocycles. The van der Waals surface area contributed by atoms with E-state index in [1.54, 1.807) is 0 Å². The molecule has 0 aliphatic carbocycles. The third-order valence-electron chi connectivity index (χ3n) is 3.19. The van der Waals surface area contributed by atoms with Gasteiger partial charge < -0.3 is 9.80 Å². The Morgan fingerprint density at radius 1 is 1.06 bits per heavy atom. The van der Waals surface area contributed by atoms with Crippen LogP contribution in [0.3, 0.4) is 0 Å². The predicted molar refractivity (Wildman–Crippen MR) is 79.0 cm³/mol. The monoisotopic (exact) mass is 247 g/mol. The van der Waals surface area contributed by atoms with E-state index in [9.17, 15) is 0 Å². The molecule has 0 fully saturated rings. The maximum atomic E-state index is 7.75. The normalized spacial score (nSPS) is 19.3. The van der Waals surface area contributed by atoms with Gasteiger partial charge in [0.2, 0.25) is 6.67 Å². The van der Waals surface area contributed by atoms with Crippen LogP contribution in [-0.4, -0.2) is 12.5 Å². The average Bonchev–Trinajstić information content (AvgIpc) is 2.64. The molecule has 1 aliphatic rings. The van der Waals surface area contributed by atoms with Crippen LogP contribution in [0.15, 0.2) is 18.2 Å². The molecule has 2 nitrogen and oxygen atoms in total. The van der Waals surface area contributed by atoms with Crippen LogP contribution in [0.4, 0.5) is 11.4 Å². The molecule has 98 valence electrons. The van der Waals surface area contributed by atoms with Gasteiger partial charge in [-0.15, -0.1) is 0 Å². The number of rotatable bonds is 0. The van der Waals surface area contributed by atoms with Gasteiger partial charge in [0.05, 0.1) is 11.4 Å². The van der Waals surface area contributed by atoms with E-state index in [1.165, 1.54) is 4.90 Å². The maximum Gasteiger partial charge on any atom is 0.209 e. The summed E-state index contributed by atoms with van der Waals surface area (Å²) in [7, 11) is 0. The van der Waals surface area contributed by atoms with Crippen molar-refractivity contribution in [3.63, 3.8) is 0 Å². The SMILES string of the molecule is [2H]C([2H])([2H])N1[C]N(C(C)(C)C)c2ccc(C(C)(C)C)cc21. The summed E-state index contributed by atoms with van der Waals surface area (Å²) in [6.45, 7) is 13.3. The Bertz CT molecular complexity index is 536. The highest BCUT2D eigenvalue weighted by Gasteiger charge is 2.33. The Kier molecular flexibility index (Phi) is 2.11. The van der Waals surface area contributed by atoms with Gasteiger partial charge in [-0.05, 0) is 43.9 Å². The highest BCUT2D eigenvalue weighted by molar-refractivity contribution is 5.80. The molecule has 1 aliphatic heterocycles. The fourth-order valence-corrected chi connectivity index (χ4v) is 2.08. The van der Waals surface area contributed by atoms with Gasteiger partial charge >= 0.3 is 0 Å². The van der Waals surface area contributed by atoms with Crippen molar-refractivity contribution < 1.29 is 4.11 Å². The molecule has 0 aromatic heterocycles. The van der Waals surface area contributed by atoms with Gasteiger partial charge in [0.1, 0.15) is 0 Å². The first-order valence-corrected chi connectivity index (χ1v) is 6.33. The summed E-state index contributed by atoms with van der Waals surface area (Å²) in [6.07, 6.45) is 0.